The molecule has 1 amide bonds. The molecule has 1 aliphatic rings. The molecule has 1 saturated carbocycles. The molecule has 1 aromatic rings. The highest BCUT2D eigenvalue weighted by molar-refractivity contribution is 6.33. The number of aliphatic hydroxyl groups excluding tert-OH is 1. The lowest BCUT2D eigenvalue weighted by Gasteiger charge is -2.21. The number of nitrogens with zero attached hydrogens (tertiary/aromatic N) is 1. The molecule has 0 radical (unpaired) electrons. The first kappa shape index (κ1) is 14.2. The Morgan fingerprint density at radius 1 is 1.58 bits per heavy atom. The molecule has 1 atom stereocenters. The average Bonchev–Trinajstić information content (AvgIpc) is 3.12. The molecule has 1 fully saturated rings. The van der Waals surface area contributed by atoms with Gasteiger partial charge in [0, 0.05) is 13.1 Å². The number of benzene rings is 1. The lowest BCUT2D eigenvalue weighted by Crippen LogP contribution is -2.36. The zero-order valence-electron chi connectivity index (χ0n) is 11.2. The van der Waals surface area contributed by atoms with Gasteiger partial charge < -0.3 is 15.3 Å². The van der Waals surface area contributed by atoms with E-state index < -0.39 is 6.10 Å². The summed E-state index contributed by atoms with van der Waals surface area (Å²) in [4.78, 5) is 13.5. The van der Waals surface area contributed by atoms with Gasteiger partial charge in [-0.3, -0.25) is 4.79 Å². The first-order chi connectivity index (χ1) is 8.97. The fourth-order valence-corrected chi connectivity index (χ4v) is 2.23. The number of halogens is 1. The van der Waals surface area contributed by atoms with Crippen molar-refractivity contribution in [1.82, 2.24) is 5.32 Å². The van der Waals surface area contributed by atoms with Crippen LogP contribution in [0, 0.1) is 0 Å². The van der Waals surface area contributed by atoms with Gasteiger partial charge in [0.2, 0.25) is 5.91 Å². The summed E-state index contributed by atoms with van der Waals surface area (Å²) in [5.41, 5.74) is 1.56. The summed E-state index contributed by atoms with van der Waals surface area (Å²) in [6.07, 6.45) is 1.62. The van der Waals surface area contributed by atoms with E-state index >= 15 is 0 Å². The molecule has 4 nitrogen and oxygen atoms in total. The molecule has 19 heavy (non-hydrogen) atoms. The Labute approximate surface area is 118 Å². The van der Waals surface area contributed by atoms with Crippen LogP contribution >= 0.6 is 11.6 Å². The molecule has 1 unspecified atom stereocenters. The lowest BCUT2D eigenvalue weighted by atomic mass is 10.1. The van der Waals surface area contributed by atoms with Crippen LogP contribution in [0.2, 0.25) is 5.02 Å². The van der Waals surface area contributed by atoms with Crippen LogP contribution in [-0.2, 0) is 4.79 Å². The van der Waals surface area contributed by atoms with Gasteiger partial charge in [0.25, 0.3) is 0 Å². The number of aliphatic hydroxyl groups is 1. The summed E-state index contributed by atoms with van der Waals surface area (Å²) in [5, 5.41) is 13.0. The van der Waals surface area contributed by atoms with Crippen molar-refractivity contribution in [1.29, 1.82) is 0 Å². The normalized spacial score (nSPS) is 16.0. The van der Waals surface area contributed by atoms with E-state index in [1.54, 1.807) is 13.0 Å². The van der Waals surface area contributed by atoms with Gasteiger partial charge in [-0.1, -0.05) is 17.7 Å². The lowest BCUT2D eigenvalue weighted by molar-refractivity contribution is -0.119. The average molecular weight is 283 g/mol. The van der Waals surface area contributed by atoms with Crippen LogP contribution in [0.3, 0.4) is 0 Å². The zero-order valence-corrected chi connectivity index (χ0v) is 11.9. The van der Waals surface area contributed by atoms with Crippen molar-refractivity contribution in [3.8, 4) is 0 Å². The molecule has 2 rings (SSSR count). The highest BCUT2D eigenvalue weighted by Crippen LogP contribution is 2.28. The number of likely N-dealkylation sites (N-methyl/N-ethyl adjacent to an activating group) is 1. The summed E-state index contributed by atoms with van der Waals surface area (Å²) >= 11 is 6.19. The highest BCUT2D eigenvalue weighted by Gasteiger charge is 2.23. The van der Waals surface area contributed by atoms with Crippen molar-refractivity contribution >= 4 is 23.2 Å². The van der Waals surface area contributed by atoms with Crippen molar-refractivity contribution in [3.63, 3.8) is 0 Å². The second-order valence-electron chi connectivity index (χ2n) is 5.08. The minimum atomic E-state index is -0.546. The third-order valence-electron chi connectivity index (χ3n) is 3.19. The molecule has 5 heteroatoms. The Morgan fingerprint density at radius 2 is 2.26 bits per heavy atom. The Morgan fingerprint density at radius 3 is 2.79 bits per heavy atom. The summed E-state index contributed by atoms with van der Waals surface area (Å²) in [6.45, 7) is 1.97. The fourth-order valence-electron chi connectivity index (χ4n) is 1.89. The molecule has 0 spiro atoms. The second kappa shape index (κ2) is 5.80. The standard InChI is InChI=1S/C14H19ClN2O2/c1-9(18)10-3-6-13(12(15)7-10)17(2)8-14(19)16-11-4-5-11/h3,6-7,9,11,18H,4-5,8H2,1-2H3,(H,16,19). The monoisotopic (exact) mass is 282 g/mol. The summed E-state index contributed by atoms with van der Waals surface area (Å²) < 4.78 is 0. The number of hydrogen-bond donors (Lipinski definition) is 2. The predicted molar refractivity (Wildman–Crippen MR) is 76.5 cm³/mol. The van der Waals surface area contributed by atoms with Gasteiger partial charge in [0.05, 0.1) is 23.4 Å². The van der Waals surface area contributed by atoms with Crippen molar-refractivity contribution in [2.45, 2.75) is 31.9 Å². The molecule has 1 aromatic carbocycles. The maximum atomic E-state index is 11.7. The largest absolute Gasteiger partial charge is 0.389 e. The Balaban J connectivity index is 2.01. The van der Waals surface area contributed by atoms with E-state index in [1.165, 1.54) is 0 Å². The molecule has 0 heterocycles. The van der Waals surface area contributed by atoms with Crippen LogP contribution in [0.4, 0.5) is 5.69 Å². The molecule has 0 bridgehead atoms. The number of nitrogens with one attached hydrogen (secondary N) is 1. The van der Waals surface area contributed by atoms with Crippen LogP contribution in [-0.4, -0.2) is 30.6 Å². The Hall–Kier alpha value is -1.26. The van der Waals surface area contributed by atoms with E-state index in [0.717, 1.165) is 24.1 Å². The predicted octanol–water partition coefficient (Wildman–Crippen LogP) is 2.11. The number of carbonyl (C=O) groups excluding carboxylic acids is 1. The maximum Gasteiger partial charge on any atom is 0.239 e. The van der Waals surface area contributed by atoms with Gasteiger partial charge >= 0.3 is 0 Å². The van der Waals surface area contributed by atoms with Crippen molar-refractivity contribution < 1.29 is 9.90 Å². The number of rotatable bonds is 5. The summed E-state index contributed by atoms with van der Waals surface area (Å²) in [7, 11) is 1.83. The zero-order chi connectivity index (χ0) is 14.0. The maximum absolute atomic E-state index is 11.7. The highest BCUT2D eigenvalue weighted by atomic mass is 35.5. The molecule has 0 aliphatic heterocycles. The Bertz CT molecular complexity index is 473. The molecule has 0 saturated heterocycles. The summed E-state index contributed by atoms with van der Waals surface area (Å²) in [5.74, 6) is 0.0145. The first-order valence-electron chi connectivity index (χ1n) is 6.45. The quantitative estimate of drug-likeness (QED) is 0.870. The smallest absolute Gasteiger partial charge is 0.239 e. The first-order valence-corrected chi connectivity index (χ1v) is 6.83. The van der Waals surface area contributed by atoms with E-state index in [0.29, 0.717) is 11.1 Å². The second-order valence-corrected chi connectivity index (χ2v) is 5.49. The van der Waals surface area contributed by atoms with Crippen LogP contribution in [0.15, 0.2) is 18.2 Å². The minimum Gasteiger partial charge on any atom is -0.389 e. The molecular formula is C14H19ClN2O2. The van der Waals surface area contributed by atoms with E-state index in [9.17, 15) is 9.90 Å². The van der Waals surface area contributed by atoms with E-state index in [1.807, 2.05) is 24.1 Å². The third-order valence-corrected chi connectivity index (χ3v) is 3.49. The van der Waals surface area contributed by atoms with Gasteiger partial charge in [-0.15, -0.1) is 0 Å². The molecule has 0 aromatic heterocycles. The summed E-state index contributed by atoms with van der Waals surface area (Å²) in [6, 6.07) is 5.75. The van der Waals surface area contributed by atoms with Gasteiger partial charge in [0.15, 0.2) is 0 Å². The fraction of sp³-hybridized carbons (Fsp3) is 0.500. The van der Waals surface area contributed by atoms with Crippen molar-refractivity contribution in [2.75, 3.05) is 18.5 Å². The third kappa shape index (κ3) is 3.85. The van der Waals surface area contributed by atoms with E-state index in [-0.39, 0.29) is 12.5 Å². The van der Waals surface area contributed by atoms with Crippen LogP contribution in [0.5, 0.6) is 0 Å². The van der Waals surface area contributed by atoms with Gasteiger partial charge in [-0.25, -0.2) is 0 Å². The van der Waals surface area contributed by atoms with Crippen molar-refractivity contribution in [2.24, 2.45) is 0 Å². The molecular weight excluding hydrogens is 264 g/mol. The van der Waals surface area contributed by atoms with Crippen LogP contribution < -0.4 is 10.2 Å². The van der Waals surface area contributed by atoms with Gasteiger partial charge in [-0.05, 0) is 37.5 Å². The van der Waals surface area contributed by atoms with Crippen molar-refractivity contribution in [3.05, 3.63) is 28.8 Å². The van der Waals surface area contributed by atoms with Crippen LogP contribution in [0.25, 0.3) is 0 Å². The van der Waals surface area contributed by atoms with Gasteiger partial charge in [0.1, 0.15) is 0 Å². The Kier molecular flexibility index (Phi) is 4.32. The topological polar surface area (TPSA) is 52.6 Å². The van der Waals surface area contributed by atoms with Crippen LogP contribution in [0.1, 0.15) is 31.4 Å². The SMILES string of the molecule is CC(O)c1ccc(N(C)CC(=O)NC2CC2)c(Cl)c1. The number of amides is 1. The van der Waals surface area contributed by atoms with E-state index in [4.69, 9.17) is 11.6 Å². The number of hydrogen-bond acceptors (Lipinski definition) is 3. The van der Waals surface area contributed by atoms with E-state index in [2.05, 4.69) is 5.32 Å². The molecule has 2 N–H and O–H groups in total. The molecule has 1 aliphatic carbocycles. The molecule has 104 valence electrons. The number of carbonyl (C=O) groups is 1. The number of anilines is 1. The van der Waals surface area contributed by atoms with Gasteiger partial charge in [-0.2, -0.15) is 0 Å². The minimum absolute atomic E-state index is 0.0145.